The van der Waals surface area contributed by atoms with Crippen molar-refractivity contribution in [2.75, 3.05) is 26.2 Å². The Balaban J connectivity index is 1.34. The Hall–Kier alpha value is -2.77. The van der Waals surface area contributed by atoms with Crippen LogP contribution in [-0.4, -0.2) is 68.7 Å². The molecule has 162 valence electrons. The number of likely N-dealkylation sites (tertiary alicyclic amines) is 1. The second-order valence-corrected chi connectivity index (χ2v) is 8.88. The molecule has 0 radical (unpaired) electrons. The van der Waals surface area contributed by atoms with Gasteiger partial charge in [0, 0.05) is 38.3 Å². The number of morpholine rings is 1. The highest BCUT2D eigenvalue weighted by molar-refractivity contribution is 5.94. The number of rotatable bonds is 4. The van der Waals surface area contributed by atoms with Crippen LogP contribution in [0.4, 0.5) is 0 Å². The summed E-state index contributed by atoms with van der Waals surface area (Å²) in [5, 5.41) is 8.86. The van der Waals surface area contributed by atoms with Gasteiger partial charge in [0.1, 0.15) is 5.82 Å². The van der Waals surface area contributed by atoms with Crippen LogP contribution in [0.25, 0.3) is 5.65 Å². The maximum absolute atomic E-state index is 13.2. The molecule has 2 aliphatic rings. The Morgan fingerprint density at radius 1 is 1.03 bits per heavy atom. The van der Waals surface area contributed by atoms with E-state index in [9.17, 15) is 4.79 Å². The molecule has 7 nitrogen and oxygen atoms in total. The van der Waals surface area contributed by atoms with E-state index in [4.69, 9.17) is 4.74 Å². The summed E-state index contributed by atoms with van der Waals surface area (Å²) in [6.07, 6.45) is 3.06. The average Bonchev–Trinajstić information content (AvgIpc) is 3.39. The summed E-state index contributed by atoms with van der Waals surface area (Å²) < 4.78 is 7.79. The minimum Gasteiger partial charge on any atom is -0.372 e. The van der Waals surface area contributed by atoms with Gasteiger partial charge in [-0.15, -0.1) is 10.2 Å². The number of hydrogen-bond donors (Lipinski definition) is 0. The van der Waals surface area contributed by atoms with E-state index in [0.717, 1.165) is 37.5 Å². The molecule has 3 aromatic rings. The summed E-state index contributed by atoms with van der Waals surface area (Å²) >= 11 is 0. The minimum absolute atomic E-state index is 0.0423. The standard InChI is InChI=1S/C24H29N5O2/c1-17-12-28(13-18(2)31-17)24(30)21-8-9-22-25-26-23(29(22)16-21)20-10-11-27(15-20)14-19-6-4-3-5-7-19/h3-9,16-18,20H,10-15H2,1-2H3/t17-,18-,20+/m1/s1. The predicted octanol–water partition coefficient (Wildman–Crippen LogP) is 2.97. The van der Waals surface area contributed by atoms with Crippen molar-refractivity contribution in [1.82, 2.24) is 24.4 Å². The van der Waals surface area contributed by atoms with Crippen LogP contribution in [0, 0.1) is 0 Å². The number of fused-ring (bicyclic) bond motifs is 1. The fourth-order valence-corrected chi connectivity index (χ4v) is 4.87. The topological polar surface area (TPSA) is 63.0 Å². The molecule has 4 heterocycles. The van der Waals surface area contributed by atoms with Crippen molar-refractivity contribution in [2.45, 2.75) is 44.9 Å². The maximum atomic E-state index is 13.2. The van der Waals surface area contributed by atoms with Crippen molar-refractivity contribution in [2.24, 2.45) is 0 Å². The van der Waals surface area contributed by atoms with Crippen molar-refractivity contribution in [3.8, 4) is 0 Å². The van der Waals surface area contributed by atoms with Crippen LogP contribution in [0.3, 0.4) is 0 Å². The third kappa shape index (κ3) is 4.20. The van der Waals surface area contributed by atoms with Crippen LogP contribution >= 0.6 is 0 Å². The van der Waals surface area contributed by atoms with Gasteiger partial charge < -0.3 is 9.64 Å². The summed E-state index contributed by atoms with van der Waals surface area (Å²) in [6.45, 7) is 8.20. The second kappa shape index (κ2) is 8.40. The first kappa shape index (κ1) is 20.2. The number of carbonyl (C=O) groups excluding carboxylic acids is 1. The summed E-state index contributed by atoms with van der Waals surface area (Å²) in [5.41, 5.74) is 2.79. The molecule has 0 saturated carbocycles. The highest BCUT2D eigenvalue weighted by Crippen LogP contribution is 2.28. The van der Waals surface area contributed by atoms with Gasteiger partial charge >= 0.3 is 0 Å². The highest BCUT2D eigenvalue weighted by atomic mass is 16.5. The summed E-state index contributed by atoms with van der Waals surface area (Å²) in [5.74, 6) is 1.30. The van der Waals surface area contributed by atoms with Gasteiger partial charge in [-0.1, -0.05) is 30.3 Å². The Labute approximate surface area is 182 Å². The van der Waals surface area contributed by atoms with E-state index < -0.39 is 0 Å². The second-order valence-electron chi connectivity index (χ2n) is 8.88. The molecule has 2 aromatic heterocycles. The van der Waals surface area contributed by atoms with Gasteiger partial charge in [-0.25, -0.2) is 0 Å². The van der Waals surface area contributed by atoms with Gasteiger partial charge in [0.05, 0.1) is 17.8 Å². The van der Waals surface area contributed by atoms with E-state index in [1.165, 1.54) is 5.56 Å². The Bertz CT molecular complexity index is 1060. The molecule has 2 fully saturated rings. The van der Waals surface area contributed by atoms with Crippen molar-refractivity contribution >= 4 is 11.6 Å². The van der Waals surface area contributed by atoms with Crippen LogP contribution in [-0.2, 0) is 11.3 Å². The predicted molar refractivity (Wildman–Crippen MR) is 118 cm³/mol. The van der Waals surface area contributed by atoms with Crippen molar-refractivity contribution in [3.63, 3.8) is 0 Å². The molecule has 2 aliphatic heterocycles. The van der Waals surface area contributed by atoms with Crippen LogP contribution in [0.5, 0.6) is 0 Å². The van der Waals surface area contributed by atoms with Gasteiger partial charge in [-0.2, -0.15) is 0 Å². The number of pyridine rings is 1. The first-order chi connectivity index (χ1) is 15.1. The average molecular weight is 420 g/mol. The lowest BCUT2D eigenvalue weighted by molar-refractivity contribution is -0.0586. The normalized spacial score (nSPS) is 24.7. The number of benzene rings is 1. The van der Waals surface area contributed by atoms with Crippen molar-refractivity contribution in [3.05, 3.63) is 65.6 Å². The fourth-order valence-electron chi connectivity index (χ4n) is 4.87. The Morgan fingerprint density at radius 2 is 1.81 bits per heavy atom. The summed E-state index contributed by atoms with van der Waals surface area (Å²) in [7, 11) is 0. The molecule has 31 heavy (non-hydrogen) atoms. The molecule has 0 aliphatic carbocycles. The molecular formula is C24H29N5O2. The van der Waals surface area contributed by atoms with E-state index in [1.807, 2.05) is 41.5 Å². The van der Waals surface area contributed by atoms with Crippen LogP contribution < -0.4 is 0 Å². The smallest absolute Gasteiger partial charge is 0.255 e. The lowest BCUT2D eigenvalue weighted by Gasteiger charge is -2.35. The number of ether oxygens (including phenoxy) is 1. The SMILES string of the molecule is C[C@@H]1CN(C(=O)c2ccc3nnc([C@H]4CCN(Cc5ccccc5)C4)n3c2)C[C@@H](C)O1. The van der Waals surface area contributed by atoms with Crippen LogP contribution in [0.15, 0.2) is 48.7 Å². The van der Waals surface area contributed by atoms with E-state index >= 15 is 0 Å². The molecule has 0 unspecified atom stereocenters. The zero-order chi connectivity index (χ0) is 21.4. The van der Waals surface area contributed by atoms with Crippen LogP contribution in [0.1, 0.15) is 47.9 Å². The molecule has 0 spiro atoms. The summed E-state index contributed by atoms with van der Waals surface area (Å²) in [4.78, 5) is 17.5. The molecule has 0 bridgehead atoms. The molecule has 3 atom stereocenters. The lowest BCUT2D eigenvalue weighted by atomic mass is 10.1. The first-order valence-electron chi connectivity index (χ1n) is 11.1. The minimum atomic E-state index is 0.0423. The number of amides is 1. The van der Waals surface area contributed by atoms with E-state index in [-0.39, 0.29) is 18.1 Å². The van der Waals surface area contributed by atoms with E-state index in [2.05, 4.69) is 45.4 Å². The molecule has 7 heteroatoms. The molecule has 5 rings (SSSR count). The summed E-state index contributed by atoms with van der Waals surface area (Å²) in [6, 6.07) is 14.3. The Kier molecular flexibility index (Phi) is 5.46. The maximum Gasteiger partial charge on any atom is 0.255 e. The zero-order valence-corrected chi connectivity index (χ0v) is 18.1. The third-order valence-electron chi connectivity index (χ3n) is 6.27. The van der Waals surface area contributed by atoms with Gasteiger partial charge in [-0.3, -0.25) is 14.1 Å². The number of aromatic nitrogens is 3. The molecule has 2 saturated heterocycles. The molecule has 1 amide bonds. The van der Waals surface area contributed by atoms with Gasteiger partial charge in [0.2, 0.25) is 0 Å². The van der Waals surface area contributed by atoms with Gasteiger partial charge in [0.25, 0.3) is 5.91 Å². The quantitative estimate of drug-likeness (QED) is 0.651. The molecular weight excluding hydrogens is 390 g/mol. The van der Waals surface area contributed by atoms with E-state index in [0.29, 0.717) is 24.6 Å². The van der Waals surface area contributed by atoms with Crippen LogP contribution in [0.2, 0.25) is 0 Å². The Morgan fingerprint density at radius 3 is 2.58 bits per heavy atom. The van der Waals surface area contributed by atoms with Crippen molar-refractivity contribution < 1.29 is 9.53 Å². The third-order valence-corrected chi connectivity index (χ3v) is 6.27. The van der Waals surface area contributed by atoms with Crippen molar-refractivity contribution in [1.29, 1.82) is 0 Å². The first-order valence-corrected chi connectivity index (χ1v) is 11.1. The largest absolute Gasteiger partial charge is 0.372 e. The van der Waals surface area contributed by atoms with Gasteiger partial charge in [0.15, 0.2) is 5.65 Å². The lowest BCUT2D eigenvalue weighted by Crippen LogP contribution is -2.48. The van der Waals surface area contributed by atoms with E-state index in [1.54, 1.807) is 0 Å². The van der Waals surface area contributed by atoms with Gasteiger partial charge in [-0.05, 0) is 44.5 Å². The number of carbonyl (C=O) groups is 1. The number of hydrogen-bond acceptors (Lipinski definition) is 5. The molecule has 1 aromatic carbocycles. The number of nitrogens with zero attached hydrogens (tertiary/aromatic N) is 5. The fraction of sp³-hybridized carbons (Fsp3) is 0.458. The monoisotopic (exact) mass is 419 g/mol. The zero-order valence-electron chi connectivity index (χ0n) is 18.1. The highest BCUT2D eigenvalue weighted by Gasteiger charge is 2.29. The molecule has 0 N–H and O–H groups in total.